The lowest BCUT2D eigenvalue weighted by atomic mass is 9.98. The highest BCUT2D eigenvalue weighted by Crippen LogP contribution is 2.33. The highest BCUT2D eigenvalue weighted by Gasteiger charge is 2.13. The van der Waals surface area contributed by atoms with Gasteiger partial charge in [0.05, 0.1) is 11.6 Å². The smallest absolute Gasteiger partial charge is 0.125 e. The normalized spacial score (nSPS) is 10.5. The van der Waals surface area contributed by atoms with Gasteiger partial charge in [0.15, 0.2) is 0 Å². The van der Waals surface area contributed by atoms with Crippen LogP contribution in [0.5, 0.6) is 5.75 Å². The van der Waals surface area contributed by atoms with Gasteiger partial charge in [-0.05, 0) is 62.3 Å². The Balaban J connectivity index is 2.99. The molecule has 1 aromatic rings. The summed E-state index contributed by atoms with van der Waals surface area (Å²) >= 11 is 11.2. The van der Waals surface area contributed by atoms with Gasteiger partial charge < -0.3 is 10.5 Å². The van der Waals surface area contributed by atoms with Gasteiger partial charge >= 0.3 is 0 Å². The zero-order valence-electron chi connectivity index (χ0n) is 11.9. The van der Waals surface area contributed by atoms with Gasteiger partial charge in [-0.25, -0.2) is 0 Å². The topological polar surface area (TPSA) is 35.2 Å². The highest BCUT2D eigenvalue weighted by atomic mass is 35.5. The van der Waals surface area contributed by atoms with Gasteiger partial charge in [0.2, 0.25) is 0 Å². The third-order valence-electron chi connectivity index (χ3n) is 3.09. The number of thiocarbonyl (C=S) groups is 1. The maximum atomic E-state index is 6.26. The van der Waals surface area contributed by atoms with Gasteiger partial charge in [-0.1, -0.05) is 30.7 Å². The van der Waals surface area contributed by atoms with E-state index in [2.05, 4.69) is 6.92 Å². The minimum atomic E-state index is 0.562. The van der Waals surface area contributed by atoms with Gasteiger partial charge in [0.25, 0.3) is 0 Å². The maximum absolute atomic E-state index is 6.26. The minimum absolute atomic E-state index is 0.562. The number of nitrogens with two attached hydrogens (primary N) is 1. The van der Waals surface area contributed by atoms with Crippen molar-refractivity contribution in [1.82, 2.24) is 0 Å². The zero-order valence-corrected chi connectivity index (χ0v) is 13.5. The first-order valence-corrected chi connectivity index (χ1v) is 7.45. The molecule has 0 heterocycles. The summed E-state index contributed by atoms with van der Waals surface area (Å²) in [6, 6.07) is 1.97. The molecule has 0 aliphatic rings. The first kappa shape index (κ1) is 16.3. The molecule has 0 unspecified atom stereocenters. The largest absolute Gasteiger partial charge is 0.493 e. The van der Waals surface area contributed by atoms with Crippen LogP contribution >= 0.6 is 23.8 Å². The molecular formula is C15H22ClNOS. The van der Waals surface area contributed by atoms with Gasteiger partial charge in [-0.2, -0.15) is 0 Å². The molecule has 0 radical (unpaired) electrons. The van der Waals surface area contributed by atoms with Crippen molar-refractivity contribution in [1.29, 1.82) is 0 Å². The third kappa shape index (κ3) is 4.66. The highest BCUT2D eigenvalue weighted by molar-refractivity contribution is 7.80. The van der Waals surface area contributed by atoms with E-state index in [0.717, 1.165) is 54.2 Å². The zero-order chi connectivity index (χ0) is 14.4. The van der Waals surface area contributed by atoms with Gasteiger partial charge in [0, 0.05) is 5.02 Å². The van der Waals surface area contributed by atoms with E-state index in [0.29, 0.717) is 4.99 Å². The molecule has 0 bridgehead atoms. The predicted octanol–water partition coefficient (Wildman–Crippen LogP) is 4.35. The Morgan fingerprint density at radius 3 is 2.68 bits per heavy atom. The van der Waals surface area contributed by atoms with Gasteiger partial charge in [-0.3, -0.25) is 0 Å². The van der Waals surface area contributed by atoms with E-state index in [1.165, 1.54) is 5.56 Å². The van der Waals surface area contributed by atoms with Gasteiger partial charge in [0.1, 0.15) is 5.75 Å². The first-order valence-electron chi connectivity index (χ1n) is 6.67. The molecule has 0 aliphatic carbocycles. The molecule has 0 atom stereocenters. The summed E-state index contributed by atoms with van der Waals surface area (Å²) < 4.78 is 5.89. The van der Waals surface area contributed by atoms with Gasteiger partial charge in [-0.15, -0.1) is 0 Å². The molecule has 106 valence electrons. The molecular weight excluding hydrogens is 278 g/mol. The van der Waals surface area contributed by atoms with Crippen LogP contribution in [0.2, 0.25) is 5.02 Å². The molecule has 19 heavy (non-hydrogen) atoms. The summed E-state index contributed by atoms with van der Waals surface area (Å²) in [5, 5.41) is 0.798. The Morgan fingerprint density at radius 1 is 1.42 bits per heavy atom. The van der Waals surface area contributed by atoms with E-state index in [1.54, 1.807) is 0 Å². The molecule has 2 N–H and O–H groups in total. The Bertz CT molecular complexity index is 460. The monoisotopic (exact) mass is 299 g/mol. The molecule has 4 heteroatoms. The maximum Gasteiger partial charge on any atom is 0.125 e. The number of hydrogen-bond donors (Lipinski definition) is 1. The summed E-state index contributed by atoms with van der Waals surface area (Å²) in [5.41, 5.74) is 8.93. The lowest BCUT2D eigenvalue weighted by Gasteiger charge is -2.17. The second-order valence-electron chi connectivity index (χ2n) is 4.78. The van der Waals surface area contributed by atoms with Crippen molar-refractivity contribution in [2.75, 3.05) is 6.61 Å². The average molecular weight is 300 g/mol. The lowest BCUT2D eigenvalue weighted by molar-refractivity contribution is 0.311. The molecule has 2 nitrogen and oxygen atoms in total. The standard InChI is InChI=1S/C15H22ClNOS/c1-4-8-18-15-10(2)9-13(16)11(3)12(15)6-5-7-14(17)19/h9H,4-8H2,1-3H3,(H2,17,19). The predicted molar refractivity (Wildman–Crippen MR) is 86.4 cm³/mol. The summed E-state index contributed by atoms with van der Waals surface area (Å²) in [5.74, 6) is 0.978. The Labute approximate surface area is 126 Å². The number of hydrogen-bond acceptors (Lipinski definition) is 2. The average Bonchev–Trinajstić information content (AvgIpc) is 2.34. The molecule has 0 saturated heterocycles. The minimum Gasteiger partial charge on any atom is -0.493 e. The van der Waals surface area contributed by atoms with E-state index in [9.17, 15) is 0 Å². The second-order valence-corrected chi connectivity index (χ2v) is 5.71. The number of ether oxygens (including phenoxy) is 1. The summed E-state index contributed by atoms with van der Waals surface area (Å²) in [6.45, 7) is 6.90. The molecule has 0 fully saturated rings. The molecule has 0 saturated carbocycles. The molecule has 0 spiro atoms. The summed E-state index contributed by atoms with van der Waals surface area (Å²) in [7, 11) is 0. The van der Waals surface area contributed by atoms with Crippen molar-refractivity contribution in [3.63, 3.8) is 0 Å². The van der Waals surface area contributed by atoms with Crippen LogP contribution in [0.15, 0.2) is 6.07 Å². The van der Waals surface area contributed by atoms with E-state index in [1.807, 2.05) is 19.9 Å². The van der Waals surface area contributed by atoms with Crippen molar-refractivity contribution in [2.45, 2.75) is 46.5 Å². The van der Waals surface area contributed by atoms with Crippen molar-refractivity contribution >= 4 is 28.8 Å². The fourth-order valence-corrected chi connectivity index (χ4v) is 2.48. The number of halogens is 1. The molecule has 1 rings (SSSR count). The first-order chi connectivity index (χ1) is 8.97. The van der Waals surface area contributed by atoms with Crippen LogP contribution in [0.4, 0.5) is 0 Å². The van der Waals surface area contributed by atoms with Crippen molar-refractivity contribution in [3.05, 3.63) is 27.8 Å². The van der Waals surface area contributed by atoms with E-state index < -0.39 is 0 Å². The molecule has 0 amide bonds. The van der Waals surface area contributed by atoms with Crippen LogP contribution in [0.1, 0.15) is 42.9 Å². The van der Waals surface area contributed by atoms with Crippen LogP contribution in [-0.2, 0) is 6.42 Å². The van der Waals surface area contributed by atoms with Crippen molar-refractivity contribution < 1.29 is 4.74 Å². The van der Waals surface area contributed by atoms with Crippen LogP contribution in [0, 0.1) is 13.8 Å². The van der Waals surface area contributed by atoms with Crippen molar-refractivity contribution in [3.8, 4) is 5.75 Å². The molecule has 0 aromatic heterocycles. The van der Waals surface area contributed by atoms with E-state index in [-0.39, 0.29) is 0 Å². The molecule has 0 aliphatic heterocycles. The van der Waals surface area contributed by atoms with Crippen LogP contribution < -0.4 is 10.5 Å². The Morgan fingerprint density at radius 2 is 2.11 bits per heavy atom. The SMILES string of the molecule is CCCOc1c(C)cc(Cl)c(C)c1CCCC(N)=S. The fraction of sp³-hybridized carbons (Fsp3) is 0.533. The van der Waals surface area contributed by atoms with E-state index in [4.69, 9.17) is 34.3 Å². The van der Waals surface area contributed by atoms with Crippen LogP contribution in [0.25, 0.3) is 0 Å². The number of rotatable bonds is 7. The van der Waals surface area contributed by atoms with E-state index >= 15 is 0 Å². The Hall–Kier alpha value is -0.800. The quantitative estimate of drug-likeness (QED) is 0.760. The fourth-order valence-electron chi connectivity index (χ4n) is 2.06. The van der Waals surface area contributed by atoms with Crippen LogP contribution in [0.3, 0.4) is 0 Å². The number of aryl methyl sites for hydroxylation is 1. The summed E-state index contributed by atoms with van der Waals surface area (Å²) in [4.78, 5) is 0.562. The van der Waals surface area contributed by atoms with Crippen LogP contribution in [-0.4, -0.2) is 11.6 Å². The number of benzene rings is 1. The summed E-state index contributed by atoms with van der Waals surface area (Å²) in [6.07, 6.45) is 3.57. The lowest BCUT2D eigenvalue weighted by Crippen LogP contribution is -2.09. The Kier molecular flexibility index (Phi) is 6.59. The molecule has 1 aromatic carbocycles. The third-order valence-corrected chi connectivity index (χ3v) is 3.68. The van der Waals surface area contributed by atoms with Crippen molar-refractivity contribution in [2.24, 2.45) is 5.73 Å². The second kappa shape index (κ2) is 7.71.